The van der Waals surface area contributed by atoms with Gasteiger partial charge in [0.2, 0.25) is 0 Å². The molecule has 0 saturated heterocycles. The van der Waals surface area contributed by atoms with Crippen LogP contribution in [0.3, 0.4) is 0 Å². The molecule has 1 heterocycles. The van der Waals surface area contributed by atoms with E-state index in [0.29, 0.717) is 13.0 Å². The van der Waals surface area contributed by atoms with Crippen LogP contribution >= 0.6 is 0 Å². The fourth-order valence-corrected chi connectivity index (χ4v) is 2.11. The van der Waals surface area contributed by atoms with Crippen LogP contribution in [0.1, 0.15) is 22.8 Å². The third kappa shape index (κ3) is 3.12. The predicted molar refractivity (Wildman–Crippen MR) is 74.3 cm³/mol. The van der Waals surface area contributed by atoms with E-state index in [-0.39, 0.29) is 0 Å². The summed E-state index contributed by atoms with van der Waals surface area (Å²) >= 11 is 0. The summed E-state index contributed by atoms with van der Waals surface area (Å²) in [4.78, 5) is 4.52. The van der Waals surface area contributed by atoms with Gasteiger partial charge in [-0.2, -0.15) is 5.10 Å². The first-order chi connectivity index (χ1) is 9.13. The van der Waals surface area contributed by atoms with Crippen LogP contribution < -0.4 is 10.5 Å². The van der Waals surface area contributed by atoms with Crippen molar-refractivity contribution in [2.45, 2.75) is 19.8 Å². The molecule has 0 saturated carbocycles. The van der Waals surface area contributed by atoms with Crippen LogP contribution in [0, 0.1) is 6.92 Å². The maximum absolute atomic E-state index is 5.56. The molecule has 0 aliphatic heterocycles. The third-order valence-corrected chi connectivity index (χ3v) is 3.05. The van der Waals surface area contributed by atoms with E-state index in [1.54, 1.807) is 11.8 Å². The quantitative estimate of drug-likeness (QED) is 0.878. The van der Waals surface area contributed by atoms with Crippen LogP contribution in [0.25, 0.3) is 0 Å². The minimum absolute atomic E-state index is 0.583. The maximum Gasteiger partial charge on any atom is 0.155 e. The molecule has 0 spiro atoms. The average Bonchev–Trinajstić information content (AvgIpc) is 2.71. The molecule has 2 N–H and O–H groups in total. The topological polar surface area (TPSA) is 66.0 Å². The Bertz CT molecular complexity index is 563. The Morgan fingerprint density at radius 2 is 2.16 bits per heavy atom. The van der Waals surface area contributed by atoms with Crippen molar-refractivity contribution in [3.05, 3.63) is 41.0 Å². The van der Waals surface area contributed by atoms with E-state index in [1.165, 1.54) is 5.56 Å². The van der Waals surface area contributed by atoms with Crippen molar-refractivity contribution in [1.29, 1.82) is 0 Å². The number of nitrogens with two attached hydrogens (primary N) is 1. The van der Waals surface area contributed by atoms with E-state index < -0.39 is 0 Å². The first-order valence-electron chi connectivity index (χ1n) is 6.36. The highest BCUT2D eigenvalue weighted by atomic mass is 16.5. The molecule has 0 fully saturated rings. The van der Waals surface area contributed by atoms with Gasteiger partial charge in [0.15, 0.2) is 5.82 Å². The van der Waals surface area contributed by atoms with E-state index in [9.17, 15) is 0 Å². The number of ether oxygens (including phenoxy) is 1. The van der Waals surface area contributed by atoms with Gasteiger partial charge in [-0.25, -0.2) is 4.98 Å². The Kier molecular flexibility index (Phi) is 4.16. The molecule has 1 aromatic carbocycles. The molecule has 2 rings (SSSR count). The summed E-state index contributed by atoms with van der Waals surface area (Å²) in [5.74, 6) is 2.59. The van der Waals surface area contributed by atoms with Crippen molar-refractivity contribution < 1.29 is 4.74 Å². The van der Waals surface area contributed by atoms with Gasteiger partial charge in [-0.05, 0) is 19.5 Å². The van der Waals surface area contributed by atoms with Crippen LogP contribution in [0.4, 0.5) is 0 Å². The molecule has 19 heavy (non-hydrogen) atoms. The van der Waals surface area contributed by atoms with Gasteiger partial charge in [0.1, 0.15) is 11.6 Å². The van der Waals surface area contributed by atoms with E-state index in [1.807, 2.05) is 19.2 Å². The zero-order chi connectivity index (χ0) is 13.8. The molecule has 5 nitrogen and oxygen atoms in total. The van der Waals surface area contributed by atoms with Crippen LogP contribution in [0.5, 0.6) is 5.75 Å². The molecular weight excluding hydrogens is 240 g/mol. The summed E-state index contributed by atoms with van der Waals surface area (Å²) in [5, 5.41) is 4.42. The highest BCUT2D eigenvalue weighted by Crippen LogP contribution is 2.21. The van der Waals surface area contributed by atoms with Gasteiger partial charge in [-0.3, -0.25) is 4.68 Å². The Balaban J connectivity index is 2.25. The molecular formula is C14H20N4O. The van der Waals surface area contributed by atoms with Gasteiger partial charge in [-0.1, -0.05) is 17.7 Å². The van der Waals surface area contributed by atoms with E-state index in [0.717, 1.165) is 29.4 Å². The number of methoxy groups -OCH3 is 1. The van der Waals surface area contributed by atoms with Crippen molar-refractivity contribution in [3.8, 4) is 5.75 Å². The lowest BCUT2D eigenvalue weighted by atomic mass is 10.1. The van der Waals surface area contributed by atoms with E-state index in [2.05, 4.69) is 23.1 Å². The second-order valence-corrected chi connectivity index (χ2v) is 4.60. The van der Waals surface area contributed by atoms with Crippen molar-refractivity contribution in [2.75, 3.05) is 13.7 Å². The van der Waals surface area contributed by atoms with Crippen LogP contribution in [-0.4, -0.2) is 28.4 Å². The van der Waals surface area contributed by atoms with Crippen molar-refractivity contribution in [3.63, 3.8) is 0 Å². The Morgan fingerprint density at radius 3 is 2.84 bits per heavy atom. The lowest BCUT2D eigenvalue weighted by Crippen LogP contribution is -2.08. The van der Waals surface area contributed by atoms with Gasteiger partial charge in [0.25, 0.3) is 0 Å². The zero-order valence-corrected chi connectivity index (χ0v) is 11.7. The molecule has 0 atom stereocenters. The largest absolute Gasteiger partial charge is 0.496 e. The minimum Gasteiger partial charge on any atom is -0.496 e. The van der Waals surface area contributed by atoms with Gasteiger partial charge in [0.05, 0.1) is 7.11 Å². The smallest absolute Gasteiger partial charge is 0.155 e. The number of nitrogens with zero attached hydrogens (tertiary/aromatic N) is 3. The maximum atomic E-state index is 5.56. The van der Waals surface area contributed by atoms with Crippen LogP contribution in [0.15, 0.2) is 18.2 Å². The lowest BCUT2D eigenvalue weighted by molar-refractivity contribution is 0.410. The summed E-state index contributed by atoms with van der Waals surface area (Å²) in [6, 6.07) is 6.13. The number of hydrogen-bond donors (Lipinski definition) is 1. The number of hydrogen-bond acceptors (Lipinski definition) is 4. The van der Waals surface area contributed by atoms with Crippen LogP contribution in [-0.2, 0) is 19.9 Å². The normalized spacial score (nSPS) is 10.7. The molecule has 0 aliphatic rings. The third-order valence-electron chi connectivity index (χ3n) is 3.05. The fraction of sp³-hybridized carbons (Fsp3) is 0.429. The van der Waals surface area contributed by atoms with Gasteiger partial charge >= 0.3 is 0 Å². The molecule has 0 unspecified atom stereocenters. The van der Waals surface area contributed by atoms with Crippen molar-refractivity contribution >= 4 is 0 Å². The fourth-order valence-electron chi connectivity index (χ4n) is 2.11. The minimum atomic E-state index is 0.583. The first-order valence-corrected chi connectivity index (χ1v) is 6.36. The summed E-state index contributed by atoms with van der Waals surface area (Å²) in [7, 11) is 3.58. The summed E-state index contributed by atoms with van der Waals surface area (Å²) < 4.78 is 7.17. The average molecular weight is 260 g/mol. The van der Waals surface area contributed by atoms with Crippen molar-refractivity contribution in [2.24, 2.45) is 12.8 Å². The molecule has 0 bridgehead atoms. The highest BCUT2D eigenvalue weighted by molar-refractivity contribution is 5.38. The zero-order valence-electron chi connectivity index (χ0n) is 11.7. The van der Waals surface area contributed by atoms with Crippen LogP contribution in [0.2, 0.25) is 0 Å². The molecule has 2 aromatic rings. The summed E-state index contributed by atoms with van der Waals surface area (Å²) in [6.45, 7) is 2.65. The van der Waals surface area contributed by atoms with Gasteiger partial charge in [-0.15, -0.1) is 0 Å². The molecule has 5 heteroatoms. The number of aryl methyl sites for hydroxylation is 2. The summed E-state index contributed by atoms with van der Waals surface area (Å²) in [5.41, 5.74) is 7.86. The second-order valence-electron chi connectivity index (χ2n) is 4.60. The number of benzene rings is 1. The number of rotatable bonds is 5. The van der Waals surface area contributed by atoms with E-state index in [4.69, 9.17) is 10.5 Å². The lowest BCUT2D eigenvalue weighted by Gasteiger charge is -2.07. The predicted octanol–water partition coefficient (Wildman–Crippen LogP) is 1.22. The number of aromatic nitrogens is 3. The van der Waals surface area contributed by atoms with Gasteiger partial charge < -0.3 is 10.5 Å². The summed E-state index contributed by atoms with van der Waals surface area (Å²) in [6.07, 6.45) is 1.41. The first kappa shape index (κ1) is 13.5. The van der Waals surface area contributed by atoms with Crippen molar-refractivity contribution in [1.82, 2.24) is 14.8 Å². The van der Waals surface area contributed by atoms with E-state index >= 15 is 0 Å². The molecule has 0 aliphatic carbocycles. The Hall–Kier alpha value is -1.88. The Labute approximate surface area is 113 Å². The molecule has 0 amide bonds. The molecule has 0 radical (unpaired) electrons. The standard InChI is InChI=1S/C14H20N4O/c1-10-4-5-12(19-3)11(8-10)9-13-16-14(6-7-15)18(2)17-13/h4-5,8H,6-7,9,15H2,1-3H3. The van der Waals surface area contributed by atoms with Gasteiger partial charge in [0, 0.05) is 25.5 Å². The highest BCUT2D eigenvalue weighted by Gasteiger charge is 2.10. The second kappa shape index (κ2) is 5.84. The Morgan fingerprint density at radius 1 is 1.37 bits per heavy atom. The molecule has 102 valence electrons. The SMILES string of the molecule is COc1ccc(C)cc1Cc1nc(CCN)n(C)n1. The monoisotopic (exact) mass is 260 g/mol. The molecule has 1 aromatic heterocycles.